The van der Waals surface area contributed by atoms with Crippen LogP contribution < -0.4 is 0 Å². The van der Waals surface area contributed by atoms with Crippen LogP contribution in [0.3, 0.4) is 0 Å². The Labute approximate surface area is 160 Å². The molecule has 0 saturated heterocycles. The smallest absolute Gasteiger partial charge is 0.183 e. The van der Waals surface area contributed by atoms with Crippen LogP contribution in [0.4, 0.5) is 0 Å². The van der Waals surface area contributed by atoms with Gasteiger partial charge in [-0.25, -0.2) is 4.68 Å². The van der Waals surface area contributed by atoms with Crippen molar-refractivity contribution in [1.29, 1.82) is 0 Å². The van der Waals surface area contributed by atoms with Gasteiger partial charge in [-0.1, -0.05) is 30.3 Å². The maximum absolute atomic E-state index is 4.55. The molecule has 0 radical (unpaired) electrons. The molecule has 0 fully saturated rings. The Balaban J connectivity index is 1.66. The average Bonchev–Trinajstić information content (AvgIpc) is 3.37. The molecule has 0 bridgehead atoms. The van der Waals surface area contributed by atoms with Gasteiger partial charge in [0.2, 0.25) is 0 Å². The minimum atomic E-state index is 0.740. The van der Waals surface area contributed by atoms with Crippen molar-refractivity contribution in [2.45, 2.75) is 6.92 Å². The summed E-state index contributed by atoms with van der Waals surface area (Å²) in [6.45, 7) is 2.01. The van der Waals surface area contributed by atoms with E-state index in [-0.39, 0.29) is 0 Å². The molecule has 0 unspecified atom stereocenters. The number of aryl methyl sites for hydroxylation is 1. The van der Waals surface area contributed by atoms with Gasteiger partial charge in [-0.3, -0.25) is 4.98 Å². The Morgan fingerprint density at radius 3 is 2.44 bits per heavy atom. The van der Waals surface area contributed by atoms with Crippen molar-refractivity contribution in [2.75, 3.05) is 0 Å². The molecule has 0 aliphatic rings. The number of thiophene rings is 1. The number of hydrogen-bond acceptors (Lipinski definition) is 5. The molecule has 0 aliphatic heterocycles. The highest BCUT2D eigenvalue weighted by molar-refractivity contribution is 7.18. The molecule has 0 N–H and O–H groups in total. The summed E-state index contributed by atoms with van der Waals surface area (Å²) in [6, 6.07) is 18.3. The molecule has 4 heterocycles. The Hall–Kier alpha value is -3.38. The van der Waals surface area contributed by atoms with E-state index in [0.717, 1.165) is 43.3 Å². The number of pyridine rings is 1. The molecule has 27 heavy (non-hydrogen) atoms. The third kappa shape index (κ3) is 2.80. The molecule has 6 heteroatoms. The topological polar surface area (TPSA) is 56.5 Å². The highest BCUT2D eigenvalue weighted by Gasteiger charge is 2.15. The SMILES string of the molecule is Cc1cnn(-c2nnc(-c3ccc(-c4ccccn4)s3)c3ccccc23)c1. The van der Waals surface area contributed by atoms with Crippen molar-refractivity contribution in [3.8, 4) is 27.0 Å². The predicted octanol–water partition coefficient (Wildman–Crippen LogP) is 4.91. The third-order valence-corrected chi connectivity index (χ3v) is 5.47. The van der Waals surface area contributed by atoms with E-state index in [0.29, 0.717) is 0 Å². The zero-order chi connectivity index (χ0) is 18.2. The van der Waals surface area contributed by atoms with E-state index in [1.807, 2.05) is 55.8 Å². The number of hydrogen-bond donors (Lipinski definition) is 0. The fourth-order valence-electron chi connectivity index (χ4n) is 3.08. The lowest BCUT2D eigenvalue weighted by atomic mass is 10.1. The van der Waals surface area contributed by atoms with Gasteiger partial charge in [0, 0.05) is 23.2 Å². The second-order valence-electron chi connectivity index (χ2n) is 6.26. The van der Waals surface area contributed by atoms with Crippen LogP contribution in [0.2, 0.25) is 0 Å². The molecule has 0 saturated carbocycles. The van der Waals surface area contributed by atoms with Gasteiger partial charge < -0.3 is 0 Å². The molecule has 5 aromatic rings. The van der Waals surface area contributed by atoms with Gasteiger partial charge in [0.05, 0.1) is 21.6 Å². The van der Waals surface area contributed by atoms with Crippen LogP contribution in [0.15, 0.2) is 73.2 Å². The molecule has 5 rings (SSSR count). The van der Waals surface area contributed by atoms with Gasteiger partial charge in [0.1, 0.15) is 5.69 Å². The molecule has 0 amide bonds. The van der Waals surface area contributed by atoms with Gasteiger partial charge in [-0.2, -0.15) is 5.10 Å². The molecule has 0 spiro atoms. The molecule has 130 valence electrons. The van der Waals surface area contributed by atoms with Crippen LogP contribution in [0.1, 0.15) is 5.56 Å². The molecule has 1 aromatic carbocycles. The number of rotatable bonds is 3. The monoisotopic (exact) mass is 369 g/mol. The number of benzene rings is 1. The third-order valence-electron chi connectivity index (χ3n) is 4.35. The van der Waals surface area contributed by atoms with E-state index in [1.165, 1.54) is 0 Å². The fraction of sp³-hybridized carbons (Fsp3) is 0.0476. The summed E-state index contributed by atoms with van der Waals surface area (Å²) in [5.41, 5.74) is 2.93. The van der Waals surface area contributed by atoms with Crippen molar-refractivity contribution in [2.24, 2.45) is 0 Å². The lowest BCUT2D eigenvalue weighted by molar-refractivity contribution is 0.827. The summed E-state index contributed by atoms with van der Waals surface area (Å²) in [6.07, 6.45) is 5.59. The van der Waals surface area contributed by atoms with E-state index in [9.17, 15) is 0 Å². The highest BCUT2D eigenvalue weighted by Crippen LogP contribution is 2.36. The molecule has 4 aromatic heterocycles. The largest absolute Gasteiger partial charge is 0.255 e. The lowest BCUT2D eigenvalue weighted by Crippen LogP contribution is -2.02. The van der Waals surface area contributed by atoms with Gasteiger partial charge >= 0.3 is 0 Å². The highest BCUT2D eigenvalue weighted by atomic mass is 32.1. The van der Waals surface area contributed by atoms with E-state index < -0.39 is 0 Å². The predicted molar refractivity (Wildman–Crippen MR) is 108 cm³/mol. The van der Waals surface area contributed by atoms with Crippen LogP contribution >= 0.6 is 11.3 Å². The standard InChI is InChI=1S/C21H15N5S/c1-14-12-23-26(13-14)21-16-7-3-2-6-15(16)20(24-25-21)19-10-9-18(27-19)17-8-4-5-11-22-17/h2-13H,1H3. The van der Waals surface area contributed by atoms with E-state index >= 15 is 0 Å². The van der Waals surface area contributed by atoms with Crippen LogP contribution in [0.5, 0.6) is 0 Å². The number of aromatic nitrogens is 5. The van der Waals surface area contributed by atoms with Gasteiger partial charge in [0.25, 0.3) is 0 Å². The van der Waals surface area contributed by atoms with Crippen molar-refractivity contribution in [1.82, 2.24) is 25.0 Å². The summed E-state index contributed by atoms with van der Waals surface area (Å²) >= 11 is 1.67. The van der Waals surface area contributed by atoms with Gasteiger partial charge in [-0.15, -0.1) is 21.5 Å². The fourth-order valence-corrected chi connectivity index (χ4v) is 4.06. The Kier molecular flexibility index (Phi) is 3.76. The Morgan fingerprint density at radius 1 is 0.852 bits per heavy atom. The number of nitrogens with zero attached hydrogens (tertiary/aromatic N) is 5. The zero-order valence-corrected chi connectivity index (χ0v) is 15.4. The minimum absolute atomic E-state index is 0.740. The second-order valence-corrected chi connectivity index (χ2v) is 7.34. The van der Waals surface area contributed by atoms with Crippen LogP contribution in [0.25, 0.3) is 37.7 Å². The van der Waals surface area contributed by atoms with Crippen molar-refractivity contribution >= 4 is 22.1 Å². The zero-order valence-electron chi connectivity index (χ0n) is 14.6. The van der Waals surface area contributed by atoms with Crippen LogP contribution in [-0.4, -0.2) is 25.0 Å². The summed E-state index contributed by atoms with van der Waals surface area (Å²) in [5.74, 6) is 0.740. The first-order chi connectivity index (χ1) is 13.3. The Bertz CT molecular complexity index is 1240. The van der Waals surface area contributed by atoms with Crippen molar-refractivity contribution < 1.29 is 0 Å². The van der Waals surface area contributed by atoms with Crippen LogP contribution in [0, 0.1) is 6.92 Å². The summed E-state index contributed by atoms with van der Waals surface area (Å²) in [7, 11) is 0. The average molecular weight is 369 g/mol. The first-order valence-corrected chi connectivity index (χ1v) is 9.40. The second kappa shape index (κ2) is 6.41. The Morgan fingerprint density at radius 2 is 1.67 bits per heavy atom. The summed E-state index contributed by atoms with van der Waals surface area (Å²) in [5, 5.41) is 15.5. The quantitative estimate of drug-likeness (QED) is 0.453. The molecular formula is C21H15N5S. The van der Waals surface area contributed by atoms with Crippen LogP contribution in [-0.2, 0) is 0 Å². The van der Waals surface area contributed by atoms with Gasteiger partial charge in [-0.05, 0) is 36.8 Å². The van der Waals surface area contributed by atoms with Crippen molar-refractivity contribution in [3.05, 3.63) is 78.8 Å². The summed E-state index contributed by atoms with van der Waals surface area (Å²) in [4.78, 5) is 6.62. The van der Waals surface area contributed by atoms with E-state index in [2.05, 4.69) is 44.5 Å². The van der Waals surface area contributed by atoms with E-state index in [1.54, 1.807) is 16.0 Å². The summed E-state index contributed by atoms with van der Waals surface area (Å²) < 4.78 is 1.78. The molecule has 0 atom stereocenters. The molecule has 5 nitrogen and oxygen atoms in total. The first-order valence-electron chi connectivity index (χ1n) is 8.58. The van der Waals surface area contributed by atoms with E-state index in [4.69, 9.17) is 0 Å². The minimum Gasteiger partial charge on any atom is -0.255 e. The maximum atomic E-state index is 4.55. The first kappa shape index (κ1) is 15.8. The van der Waals surface area contributed by atoms with Gasteiger partial charge in [0.15, 0.2) is 5.82 Å². The number of fused-ring (bicyclic) bond motifs is 1. The lowest BCUT2D eigenvalue weighted by Gasteiger charge is -2.08. The molecular weight excluding hydrogens is 354 g/mol. The molecule has 0 aliphatic carbocycles. The van der Waals surface area contributed by atoms with Crippen molar-refractivity contribution in [3.63, 3.8) is 0 Å². The normalized spacial score (nSPS) is 11.1. The maximum Gasteiger partial charge on any atom is 0.183 e.